The first-order valence-corrected chi connectivity index (χ1v) is 9.45. The van der Waals surface area contributed by atoms with Gasteiger partial charge in [0.2, 0.25) is 0 Å². The first-order valence-electron chi connectivity index (χ1n) is 8.47. The summed E-state index contributed by atoms with van der Waals surface area (Å²) in [5.74, 6) is 0.634. The van der Waals surface area contributed by atoms with Gasteiger partial charge in [0.1, 0.15) is 0 Å². The van der Waals surface area contributed by atoms with Crippen LogP contribution in [0.15, 0.2) is 5.16 Å². The third-order valence-electron chi connectivity index (χ3n) is 4.32. The van der Waals surface area contributed by atoms with Crippen LogP contribution in [0.5, 0.6) is 0 Å². The van der Waals surface area contributed by atoms with Crippen LogP contribution in [0.2, 0.25) is 0 Å². The largest absolute Gasteiger partial charge is 0.390 e. The minimum absolute atomic E-state index is 0.161. The molecule has 1 atom stereocenters. The van der Waals surface area contributed by atoms with E-state index in [1.54, 1.807) is 11.8 Å². The van der Waals surface area contributed by atoms with Crippen LogP contribution in [0.25, 0.3) is 0 Å². The van der Waals surface area contributed by atoms with Gasteiger partial charge in [0, 0.05) is 17.5 Å². The van der Waals surface area contributed by atoms with Crippen molar-refractivity contribution in [3.05, 3.63) is 11.4 Å². The normalized spacial score (nSPS) is 18.1. The third kappa shape index (κ3) is 4.74. The van der Waals surface area contributed by atoms with Crippen molar-refractivity contribution in [1.29, 1.82) is 0 Å². The Morgan fingerprint density at radius 1 is 1.27 bits per heavy atom. The first-order chi connectivity index (χ1) is 10.5. The summed E-state index contributed by atoms with van der Waals surface area (Å²) in [5.41, 5.74) is 2.39. The number of ether oxygens (including phenoxy) is 1. The molecule has 1 heterocycles. The summed E-state index contributed by atoms with van der Waals surface area (Å²) in [6, 6.07) is 0.585. The van der Waals surface area contributed by atoms with Gasteiger partial charge in [0.05, 0.1) is 24.5 Å². The molecule has 1 unspecified atom stereocenters. The molecule has 0 amide bonds. The van der Waals surface area contributed by atoms with E-state index in [2.05, 4.69) is 18.4 Å². The van der Waals surface area contributed by atoms with Gasteiger partial charge in [-0.1, -0.05) is 31.0 Å². The lowest BCUT2D eigenvalue weighted by atomic mass is 9.95. The fourth-order valence-corrected chi connectivity index (χ4v) is 4.05. The smallest absolute Gasteiger partial charge is 0.168 e. The van der Waals surface area contributed by atoms with Crippen molar-refractivity contribution in [3.63, 3.8) is 0 Å². The highest BCUT2D eigenvalue weighted by Gasteiger charge is 2.22. The van der Waals surface area contributed by atoms with E-state index in [1.807, 2.05) is 13.8 Å². The molecule has 1 aromatic rings. The summed E-state index contributed by atoms with van der Waals surface area (Å²) in [5, 5.41) is 11.1. The molecule has 0 aliphatic heterocycles. The zero-order valence-electron chi connectivity index (χ0n) is 14.3. The number of hydrogen-bond acceptors (Lipinski definition) is 4. The van der Waals surface area contributed by atoms with Crippen molar-refractivity contribution in [2.24, 2.45) is 0 Å². The molecule has 1 saturated carbocycles. The topological polar surface area (TPSA) is 47.3 Å². The van der Waals surface area contributed by atoms with Crippen LogP contribution in [-0.4, -0.2) is 39.2 Å². The average molecular weight is 327 g/mol. The van der Waals surface area contributed by atoms with Crippen molar-refractivity contribution in [1.82, 2.24) is 9.55 Å². The fourth-order valence-electron chi connectivity index (χ4n) is 2.99. The molecule has 1 fully saturated rings. The second-order valence-corrected chi connectivity index (χ2v) is 7.56. The van der Waals surface area contributed by atoms with Crippen molar-refractivity contribution >= 4 is 11.8 Å². The summed E-state index contributed by atoms with van der Waals surface area (Å²) >= 11 is 1.66. The van der Waals surface area contributed by atoms with Crippen LogP contribution in [0.4, 0.5) is 0 Å². The maximum absolute atomic E-state index is 10.1. The Morgan fingerprint density at radius 2 is 1.95 bits per heavy atom. The number of aliphatic hydroxyl groups is 1. The molecule has 126 valence electrons. The lowest BCUT2D eigenvalue weighted by Crippen LogP contribution is -2.21. The van der Waals surface area contributed by atoms with Gasteiger partial charge in [-0.2, -0.15) is 0 Å². The standard InChI is InChI=1S/C17H30N2O2S/c1-12(2)21-10-16(20)11-22-17-18-13(3)14(4)19(17)15-8-6-5-7-9-15/h12,15-16,20H,5-11H2,1-4H3. The predicted octanol–water partition coefficient (Wildman–Crippen LogP) is 3.88. The number of aromatic nitrogens is 2. The van der Waals surface area contributed by atoms with Crippen LogP contribution in [0.3, 0.4) is 0 Å². The highest BCUT2D eigenvalue weighted by Crippen LogP contribution is 2.34. The van der Waals surface area contributed by atoms with Gasteiger partial charge >= 0.3 is 0 Å². The molecular formula is C17H30N2O2S. The Labute approximate surface area is 138 Å². The van der Waals surface area contributed by atoms with Gasteiger partial charge in [-0.05, 0) is 40.5 Å². The Hall–Kier alpha value is -0.520. The Balaban J connectivity index is 1.99. The Bertz CT molecular complexity index is 467. The van der Waals surface area contributed by atoms with E-state index in [9.17, 15) is 5.11 Å². The van der Waals surface area contributed by atoms with Crippen LogP contribution in [0, 0.1) is 13.8 Å². The number of nitrogens with zero attached hydrogens (tertiary/aromatic N) is 2. The minimum atomic E-state index is -0.440. The summed E-state index contributed by atoms with van der Waals surface area (Å²) in [4.78, 5) is 4.73. The second kappa shape index (κ2) is 8.37. The van der Waals surface area contributed by atoms with Crippen molar-refractivity contribution in [2.75, 3.05) is 12.4 Å². The minimum Gasteiger partial charge on any atom is -0.390 e. The lowest BCUT2D eigenvalue weighted by Gasteiger charge is -2.26. The Morgan fingerprint density at radius 3 is 2.59 bits per heavy atom. The summed E-state index contributed by atoms with van der Waals surface area (Å²) < 4.78 is 7.89. The monoisotopic (exact) mass is 326 g/mol. The first kappa shape index (κ1) is 17.8. The molecule has 1 aliphatic carbocycles. The van der Waals surface area contributed by atoms with Gasteiger partial charge in [-0.3, -0.25) is 0 Å². The molecule has 4 nitrogen and oxygen atoms in total. The molecule has 0 radical (unpaired) electrons. The zero-order chi connectivity index (χ0) is 16.1. The SMILES string of the molecule is Cc1nc(SCC(O)COC(C)C)n(C2CCCCC2)c1C. The summed E-state index contributed by atoms with van der Waals surface area (Å²) in [7, 11) is 0. The number of aryl methyl sites for hydroxylation is 1. The Kier molecular flexibility index (Phi) is 6.78. The number of rotatable bonds is 7. The molecule has 5 heteroatoms. The zero-order valence-corrected chi connectivity index (χ0v) is 15.2. The van der Waals surface area contributed by atoms with E-state index in [1.165, 1.54) is 37.8 Å². The molecule has 1 aromatic heterocycles. The van der Waals surface area contributed by atoms with Gasteiger partial charge in [-0.15, -0.1) is 0 Å². The van der Waals surface area contributed by atoms with E-state index in [4.69, 9.17) is 9.72 Å². The fraction of sp³-hybridized carbons (Fsp3) is 0.824. The molecule has 1 aliphatic rings. The highest BCUT2D eigenvalue weighted by atomic mass is 32.2. The van der Waals surface area contributed by atoms with Crippen LogP contribution in [0.1, 0.15) is 63.4 Å². The van der Waals surface area contributed by atoms with E-state index in [-0.39, 0.29) is 6.10 Å². The highest BCUT2D eigenvalue weighted by molar-refractivity contribution is 7.99. The maximum Gasteiger partial charge on any atom is 0.168 e. The molecule has 0 aromatic carbocycles. The van der Waals surface area contributed by atoms with E-state index in [0.29, 0.717) is 18.4 Å². The van der Waals surface area contributed by atoms with Crippen LogP contribution in [-0.2, 0) is 4.74 Å². The van der Waals surface area contributed by atoms with Crippen LogP contribution >= 0.6 is 11.8 Å². The molecular weight excluding hydrogens is 296 g/mol. The van der Waals surface area contributed by atoms with Gasteiger partial charge < -0.3 is 14.4 Å². The molecule has 0 bridgehead atoms. The quantitative estimate of drug-likeness (QED) is 0.772. The molecule has 1 N–H and O–H groups in total. The number of imidazole rings is 1. The average Bonchev–Trinajstić information content (AvgIpc) is 2.79. The number of thioether (sulfide) groups is 1. The van der Waals surface area contributed by atoms with E-state index < -0.39 is 6.10 Å². The molecule has 2 rings (SSSR count). The third-order valence-corrected chi connectivity index (χ3v) is 5.42. The van der Waals surface area contributed by atoms with Gasteiger partial charge in [0.15, 0.2) is 5.16 Å². The van der Waals surface area contributed by atoms with Gasteiger partial charge in [0.25, 0.3) is 0 Å². The number of aliphatic hydroxyl groups excluding tert-OH is 1. The van der Waals surface area contributed by atoms with Crippen molar-refractivity contribution in [2.45, 2.75) is 83.2 Å². The summed E-state index contributed by atoms with van der Waals surface area (Å²) in [6.45, 7) is 8.62. The van der Waals surface area contributed by atoms with Crippen LogP contribution < -0.4 is 0 Å². The summed E-state index contributed by atoms with van der Waals surface area (Å²) in [6.07, 6.45) is 6.22. The lowest BCUT2D eigenvalue weighted by molar-refractivity contribution is 0.0152. The molecule has 0 spiro atoms. The number of hydrogen-bond donors (Lipinski definition) is 1. The van der Waals surface area contributed by atoms with Crippen molar-refractivity contribution < 1.29 is 9.84 Å². The molecule has 0 saturated heterocycles. The molecule has 22 heavy (non-hydrogen) atoms. The predicted molar refractivity (Wildman–Crippen MR) is 91.6 cm³/mol. The maximum atomic E-state index is 10.1. The van der Waals surface area contributed by atoms with E-state index >= 15 is 0 Å². The van der Waals surface area contributed by atoms with Crippen molar-refractivity contribution in [3.8, 4) is 0 Å². The van der Waals surface area contributed by atoms with E-state index in [0.717, 1.165) is 10.9 Å². The van der Waals surface area contributed by atoms with Gasteiger partial charge in [-0.25, -0.2) is 4.98 Å². The second-order valence-electron chi connectivity index (χ2n) is 6.57.